The van der Waals surface area contributed by atoms with Crippen LogP contribution in [0.3, 0.4) is 0 Å². The van der Waals surface area contributed by atoms with Gasteiger partial charge in [-0.1, -0.05) is 41.5 Å². The number of para-hydroxylation sites is 1. The lowest BCUT2D eigenvalue weighted by molar-refractivity contribution is -0.122. The van der Waals surface area contributed by atoms with Gasteiger partial charge in [-0.05, 0) is 51.7 Å². The van der Waals surface area contributed by atoms with E-state index >= 15 is 0 Å². The van der Waals surface area contributed by atoms with Crippen molar-refractivity contribution in [2.24, 2.45) is 11.8 Å². The van der Waals surface area contributed by atoms with Crippen LogP contribution in [0.4, 0.5) is 5.69 Å². The van der Waals surface area contributed by atoms with Crippen molar-refractivity contribution in [3.63, 3.8) is 0 Å². The standard InChI is InChI=1S/C20H23NO2/c1-14(2)7-6-8-15-11-12-17-18(13-15)20(23)21(19(17)22)16-9-4-3-5-10-16/h3-5,7,9-11,17-18H,6,8,12-13H2,1-2H3. The summed E-state index contributed by atoms with van der Waals surface area (Å²) in [5.74, 6) is -0.408. The number of anilines is 1. The Bertz CT molecular complexity index is 668. The molecule has 120 valence electrons. The van der Waals surface area contributed by atoms with Crippen molar-refractivity contribution in [1.29, 1.82) is 0 Å². The summed E-state index contributed by atoms with van der Waals surface area (Å²) in [7, 11) is 0. The molecule has 3 rings (SSSR count). The molecule has 0 N–H and O–H groups in total. The minimum Gasteiger partial charge on any atom is -0.274 e. The van der Waals surface area contributed by atoms with Crippen molar-refractivity contribution in [3.8, 4) is 0 Å². The molecule has 3 nitrogen and oxygen atoms in total. The van der Waals surface area contributed by atoms with E-state index in [4.69, 9.17) is 0 Å². The molecule has 1 aliphatic carbocycles. The normalized spacial score (nSPS) is 23.6. The van der Waals surface area contributed by atoms with Gasteiger partial charge in [0, 0.05) is 0 Å². The molecule has 1 heterocycles. The predicted octanol–water partition coefficient (Wildman–Crippen LogP) is 4.26. The molecule has 1 aliphatic heterocycles. The topological polar surface area (TPSA) is 37.4 Å². The van der Waals surface area contributed by atoms with Gasteiger partial charge in [0.1, 0.15) is 0 Å². The minimum absolute atomic E-state index is 0.0287. The SMILES string of the molecule is CC(C)=CCCC1=CCC2C(=O)N(c3ccccc3)C(=O)C2C1. The van der Waals surface area contributed by atoms with E-state index in [1.54, 1.807) is 0 Å². The van der Waals surface area contributed by atoms with Gasteiger partial charge in [-0.2, -0.15) is 0 Å². The molecule has 0 bridgehead atoms. The molecular formula is C20H23NO2. The first-order chi connectivity index (χ1) is 11.1. The Morgan fingerprint density at radius 2 is 1.83 bits per heavy atom. The molecule has 23 heavy (non-hydrogen) atoms. The van der Waals surface area contributed by atoms with Crippen LogP contribution in [0.5, 0.6) is 0 Å². The van der Waals surface area contributed by atoms with E-state index in [2.05, 4.69) is 26.0 Å². The average Bonchev–Trinajstić information content (AvgIpc) is 2.79. The zero-order valence-corrected chi connectivity index (χ0v) is 13.8. The van der Waals surface area contributed by atoms with Crippen LogP contribution in [-0.2, 0) is 9.59 Å². The zero-order chi connectivity index (χ0) is 16.4. The Morgan fingerprint density at radius 1 is 1.13 bits per heavy atom. The molecule has 2 atom stereocenters. The Kier molecular flexibility index (Phi) is 4.46. The van der Waals surface area contributed by atoms with Gasteiger partial charge >= 0.3 is 0 Å². The number of carbonyl (C=O) groups is 2. The van der Waals surface area contributed by atoms with Crippen molar-refractivity contribution >= 4 is 17.5 Å². The second-order valence-corrected chi connectivity index (χ2v) is 6.68. The van der Waals surface area contributed by atoms with Crippen molar-refractivity contribution in [1.82, 2.24) is 0 Å². The maximum absolute atomic E-state index is 12.7. The zero-order valence-electron chi connectivity index (χ0n) is 13.8. The number of amides is 2. The molecule has 2 aliphatic rings. The molecule has 1 saturated heterocycles. The van der Waals surface area contributed by atoms with Crippen molar-refractivity contribution < 1.29 is 9.59 Å². The van der Waals surface area contributed by atoms with Crippen LogP contribution in [0, 0.1) is 11.8 Å². The Labute approximate surface area is 137 Å². The first kappa shape index (κ1) is 15.7. The van der Waals surface area contributed by atoms with Crippen LogP contribution < -0.4 is 4.90 Å². The minimum atomic E-state index is -0.172. The summed E-state index contributed by atoms with van der Waals surface area (Å²) >= 11 is 0. The summed E-state index contributed by atoms with van der Waals surface area (Å²) in [6.45, 7) is 4.20. The van der Waals surface area contributed by atoms with E-state index in [9.17, 15) is 9.59 Å². The van der Waals surface area contributed by atoms with E-state index in [1.165, 1.54) is 16.0 Å². The number of hydrogen-bond donors (Lipinski definition) is 0. The number of carbonyl (C=O) groups excluding carboxylic acids is 2. The summed E-state index contributed by atoms with van der Waals surface area (Å²) in [5.41, 5.74) is 3.34. The first-order valence-corrected chi connectivity index (χ1v) is 8.32. The van der Waals surface area contributed by atoms with Crippen LogP contribution in [-0.4, -0.2) is 11.8 Å². The second kappa shape index (κ2) is 6.53. The highest BCUT2D eigenvalue weighted by Crippen LogP contribution is 2.40. The smallest absolute Gasteiger partial charge is 0.238 e. The third-order valence-electron chi connectivity index (χ3n) is 4.74. The number of nitrogens with zero attached hydrogens (tertiary/aromatic N) is 1. The fraction of sp³-hybridized carbons (Fsp3) is 0.400. The van der Waals surface area contributed by atoms with Crippen LogP contribution >= 0.6 is 0 Å². The molecule has 2 unspecified atom stereocenters. The summed E-state index contributed by atoms with van der Waals surface area (Å²) in [5, 5.41) is 0. The van der Waals surface area contributed by atoms with Gasteiger partial charge in [-0.25, -0.2) is 0 Å². The third-order valence-corrected chi connectivity index (χ3v) is 4.74. The van der Waals surface area contributed by atoms with Crippen molar-refractivity contribution in [2.75, 3.05) is 4.90 Å². The lowest BCUT2D eigenvalue weighted by Gasteiger charge is -2.21. The molecule has 3 heteroatoms. The van der Waals surface area contributed by atoms with Crippen molar-refractivity contribution in [2.45, 2.75) is 39.5 Å². The van der Waals surface area contributed by atoms with Gasteiger partial charge in [-0.3, -0.25) is 14.5 Å². The summed E-state index contributed by atoms with van der Waals surface area (Å²) in [6, 6.07) is 9.28. The monoisotopic (exact) mass is 309 g/mol. The highest BCUT2D eigenvalue weighted by molar-refractivity contribution is 6.22. The fourth-order valence-corrected chi connectivity index (χ4v) is 3.52. The molecule has 0 radical (unpaired) electrons. The predicted molar refractivity (Wildman–Crippen MR) is 91.9 cm³/mol. The number of imide groups is 1. The molecule has 1 aromatic rings. The third kappa shape index (κ3) is 3.14. The second-order valence-electron chi connectivity index (χ2n) is 6.68. The lowest BCUT2D eigenvalue weighted by Crippen LogP contribution is -2.30. The van der Waals surface area contributed by atoms with Gasteiger partial charge < -0.3 is 0 Å². The van der Waals surface area contributed by atoms with E-state index < -0.39 is 0 Å². The Balaban J connectivity index is 1.74. The van der Waals surface area contributed by atoms with Gasteiger partial charge in [-0.15, -0.1) is 0 Å². The highest BCUT2D eigenvalue weighted by atomic mass is 16.2. The van der Waals surface area contributed by atoms with Crippen LogP contribution in [0.25, 0.3) is 0 Å². The first-order valence-electron chi connectivity index (χ1n) is 8.32. The largest absolute Gasteiger partial charge is 0.274 e. The quantitative estimate of drug-likeness (QED) is 0.615. The number of benzene rings is 1. The average molecular weight is 309 g/mol. The fourth-order valence-electron chi connectivity index (χ4n) is 3.52. The highest BCUT2D eigenvalue weighted by Gasteiger charge is 2.48. The van der Waals surface area contributed by atoms with Crippen LogP contribution in [0.1, 0.15) is 39.5 Å². The Hall–Kier alpha value is -2.16. The molecule has 0 spiro atoms. The Morgan fingerprint density at radius 3 is 2.52 bits per heavy atom. The van der Waals surface area contributed by atoms with Crippen LogP contribution in [0.15, 0.2) is 53.6 Å². The number of rotatable bonds is 4. The van der Waals surface area contributed by atoms with Crippen molar-refractivity contribution in [3.05, 3.63) is 53.6 Å². The molecular weight excluding hydrogens is 286 g/mol. The lowest BCUT2D eigenvalue weighted by atomic mass is 9.80. The molecule has 1 fully saturated rings. The molecule has 2 amide bonds. The maximum atomic E-state index is 12.7. The van der Waals surface area contributed by atoms with Gasteiger partial charge in [0.2, 0.25) is 11.8 Å². The van der Waals surface area contributed by atoms with Gasteiger partial charge in [0.05, 0.1) is 17.5 Å². The van der Waals surface area contributed by atoms with Gasteiger partial charge in [0.15, 0.2) is 0 Å². The number of hydrogen-bond acceptors (Lipinski definition) is 2. The van der Waals surface area contributed by atoms with E-state index in [0.29, 0.717) is 12.1 Å². The summed E-state index contributed by atoms with van der Waals surface area (Å²) < 4.78 is 0. The molecule has 1 aromatic carbocycles. The van der Waals surface area contributed by atoms with E-state index in [0.717, 1.165) is 19.3 Å². The number of allylic oxidation sites excluding steroid dienone is 4. The van der Waals surface area contributed by atoms with Gasteiger partial charge in [0.25, 0.3) is 0 Å². The van der Waals surface area contributed by atoms with E-state index in [1.807, 2.05) is 30.3 Å². The molecule has 0 saturated carbocycles. The maximum Gasteiger partial charge on any atom is 0.238 e. The summed E-state index contributed by atoms with van der Waals surface area (Å²) in [6.07, 6.45) is 7.83. The molecule has 0 aromatic heterocycles. The number of fused-ring (bicyclic) bond motifs is 1. The van der Waals surface area contributed by atoms with Crippen LogP contribution in [0.2, 0.25) is 0 Å². The summed E-state index contributed by atoms with van der Waals surface area (Å²) in [4.78, 5) is 26.8. The van der Waals surface area contributed by atoms with E-state index in [-0.39, 0.29) is 23.7 Å².